The summed E-state index contributed by atoms with van der Waals surface area (Å²) in [5.41, 5.74) is 0.543. The molecular formula is C34H57ClO12. The lowest BCUT2D eigenvalue weighted by Gasteiger charge is -2.31. The van der Waals surface area contributed by atoms with Crippen molar-refractivity contribution in [3.8, 4) is 0 Å². The molecule has 2 aliphatic heterocycles. The number of alkyl halides is 1. The van der Waals surface area contributed by atoms with Gasteiger partial charge in [0.1, 0.15) is 30.5 Å². The first-order valence-corrected chi connectivity index (χ1v) is 17.0. The van der Waals surface area contributed by atoms with Crippen LogP contribution < -0.4 is 0 Å². The van der Waals surface area contributed by atoms with Gasteiger partial charge < -0.3 is 50.3 Å². The normalized spacial score (nSPS) is 37.1. The second-order valence-corrected chi connectivity index (χ2v) is 14.5. The summed E-state index contributed by atoms with van der Waals surface area (Å²) in [5, 5.41) is 83.4. The molecule has 1 saturated heterocycles. The fourth-order valence-corrected chi connectivity index (χ4v) is 6.71. The van der Waals surface area contributed by atoms with E-state index < -0.39 is 108 Å². The predicted molar refractivity (Wildman–Crippen MR) is 174 cm³/mol. The number of hydrogen-bond acceptors (Lipinski definition) is 12. The average Bonchev–Trinajstić information content (AvgIpc) is 3.46. The van der Waals surface area contributed by atoms with Crippen LogP contribution in [0.15, 0.2) is 23.8 Å². The van der Waals surface area contributed by atoms with Crippen LogP contribution >= 0.6 is 11.6 Å². The van der Waals surface area contributed by atoms with Gasteiger partial charge in [-0.2, -0.15) is 0 Å². The Bertz CT molecular complexity index is 1070. The molecule has 0 radical (unpaired) electrons. The second kappa shape index (κ2) is 18.5. The molecule has 0 spiro atoms. The molecule has 0 aliphatic carbocycles. The Morgan fingerprint density at radius 1 is 0.979 bits per heavy atom. The number of carbonyl (C=O) groups is 2. The van der Waals surface area contributed by atoms with Crippen molar-refractivity contribution < 1.29 is 59.9 Å². The van der Waals surface area contributed by atoms with Gasteiger partial charge in [-0.3, -0.25) is 9.59 Å². The van der Waals surface area contributed by atoms with Crippen molar-refractivity contribution in [1.29, 1.82) is 0 Å². The largest absolute Gasteiger partial charge is 0.459 e. The van der Waals surface area contributed by atoms with Crippen LogP contribution in [-0.4, -0.2) is 126 Å². The molecule has 8 N–H and O–H groups in total. The zero-order chi connectivity index (χ0) is 35.9. The average molecular weight is 693 g/mol. The van der Waals surface area contributed by atoms with Gasteiger partial charge in [-0.15, -0.1) is 11.6 Å². The van der Waals surface area contributed by atoms with Gasteiger partial charge in [-0.1, -0.05) is 52.8 Å². The Labute approximate surface area is 283 Å². The number of hydrogen-bond donors (Lipinski definition) is 8. The van der Waals surface area contributed by atoms with E-state index in [0.717, 1.165) is 0 Å². The SMILES string of the molecule is C/C(=C\[C@H](C)C[C@H](O)C1O[C@H]2C[C@H]1OC(=O)[C@@H](C)[C@H](O)C(=O)[C@@H](C)[C@H](C)/C=C/[C@H](O)[C@@H]2O)[C@H](O)[C@@H](C)[C@@H](O)[C@H](C)C[C@H](Cl)[C@@H](O)CO. The Balaban J connectivity index is 2.19. The van der Waals surface area contributed by atoms with Gasteiger partial charge in [0.25, 0.3) is 0 Å². The second-order valence-electron chi connectivity index (χ2n) is 14.0. The number of Topliss-reactive ketones (excluding diaryl/α,β-unsaturated/α-hetero) is 1. The summed E-state index contributed by atoms with van der Waals surface area (Å²) in [7, 11) is 0. The van der Waals surface area contributed by atoms with Crippen molar-refractivity contribution in [1.82, 2.24) is 0 Å². The van der Waals surface area contributed by atoms with E-state index in [2.05, 4.69) is 0 Å². The van der Waals surface area contributed by atoms with Gasteiger partial charge in [-0.25, -0.2) is 0 Å². The van der Waals surface area contributed by atoms with E-state index in [1.54, 1.807) is 53.7 Å². The highest BCUT2D eigenvalue weighted by Gasteiger charge is 2.47. The van der Waals surface area contributed by atoms with E-state index in [9.17, 15) is 45.3 Å². The molecule has 0 aromatic carbocycles. The summed E-state index contributed by atoms with van der Waals surface area (Å²) in [6, 6.07) is 0. The molecule has 1 fully saturated rings. The minimum absolute atomic E-state index is 0.0453. The molecule has 2 heterocycles. The molecule has 47 heavy (non-hydrogen) atoms. The Morgan fingerprint density at radius 3 is 2.19 bits per heavy atom. The predicted octanol–water partition coefficient (Wildman–Crippen LogP) is 0.864. The quantitative estimate of drug-likeness (QED) is 0.0813. The molecule has 0 saturated carbocycles. The third-order valence-electron chi connectivity index (χ3n) is 9.98. The molecule has 17 atom stereocenters. The van der Waals surface area contributed by atoms with Crippen molar-refractivity contribution in [2.45, 2.75) is 134 Å². The molecule has 12 nitrogen and oxygen atoms in total. The first kappa shape index (κ1) is 41.7. The number of aliphatic hydroxyl groups is 8. The Kier molecular flexibility index (Phi) is 16.4. The van der Waals surface area contributed by atoms with Gasteiger partial charge in [0.05, 0.1) is 48.4 Å². The van der Waals surface area contributed by atoms with Gasteiger partial charge in [-0.05, 0) is 50.0 Å². The minimum Gasteiger partial charge on any atom is -0.459 e. The zero-order valence-corrected chi connectivity index (χ0v) is 29.2. The lowest BCUT2D eigenvalue weighted by Crippen LogP contribution is -2.42. The summed E-state index contributed by atoms with van der Waals surface area (Å²) in [5.74, 6) is -5.04. The summed E-state index contributed by atoms with van der Waals surface area (Å²) in [6.07, 6.45) is -6.96. The molecule has 2 rings (SSSR count). The number of fused-ring (bicyclic) bond motifs is 2. The molecule has 0 aromatic rings. The van der Waals surface area contributed by atoms with Crippen LogP contribution in [0.25, 0.3) is 0 Å². The van der Waals surface area contributed by atoms with Crippen LogP contribution in [0.2, 0.25) is 0 Å². The Morgan fingerprint density at radius 2 is 1.60 bits per heavy atom. The van der Waals surface area contributed by atoms with Crippen molar-refractivity contribution >= 4 is 23.4 Å². The highest BCUT2D eigenvalue weighted by atomic mass is 35.5. The molecule has 13 heteroatoms. The molecule has 1 unspecified atom stereocenters. The number of allylic oxidation sites excluding steroid dienone is 2. The topological polar surface area (TPSA) is 214 Å². The molecule has 0 amide bonds. The fraction of sp³-hybridized carbons (Fsp3) is 0.824. The van der Waals surface area contributed by atoms with Crippen molar-refractivity contribution in [3.63, 3.8) is 0 Å². The van der Waals surface area contributed by atoms with Crippen LogP contribution in [0, 0.1) is 35.5 Å². The lowest BCUT2D eigenvalue weighted by atomic mass is 9.83. The van der Waals surface area contributed by atoms with E-state index in [1.165, 1.54) is 13.0 Å². The van der Waals surface area contributed by atoms with Crippen LogP contribution in [0.4, 0.5) is 0 Å². The molecule has 2 aliphatic rings. The van der Waals surface area contributed by atoms with Gasteiger partial charge in [0.2, 0.25) is 0 Å². The number of rotatable bonds is 12. The molecular weight excluding hydrogens is 636 g/mol. The first-order chi connectivity index (χ1) is 21.8. The van der Waals surface area contributed by atoms with Crippen molar-refractivity contribution in [2.24, 2.45) is 35.5 Å². The summed E-state index contributed by atoms with van der Waals surface area (Å²) < 4.78 is 11.6. The maximum absolute atomic E-state index is 13.1. The fourth-order valence-electron chi connectivity index (χ4n) is 6.35. The monoisotopic (exact) mass is 692 g/mol. The zero-order valence-electron chi connectivity index (χ0n) is 28.5. The summed E-state index contributed by atoms with van der Waals surface area (Å²) in [6.45, 7) is 11.1. The number of aliphatic hydroxyl groups excluding tert-OH is 8. The summed E-state index contributed by atoms with van der Waals surface area (Å²) in [4.78, 5) is 25.9. The smallest absolute Gasteiger partial charge is 0.312 e. The standard InChI is InChI=1S/C34H57ClO12/c1-15(10-17(3)28(40)20(6)29(41)18(4)12-22(35)25(39)14-36)11-24(38)33-27-13-26(46-33)32(44)23(37)9-8-16(2)19(5)30(42)31(43)21(7)34(45)47-27/h8-10,15-16,18-29,31-33,36-41,43-44H,11-14H2,1-7H3/b9-8+,17-10+/t15-,16+,18+,19-,20+,21-,22-,23-,24-,25-,26-,27+,28-,29-,31-,32-,33?/m0/s1. The van der Waals surface area contributed by atoms with Crippen LogP contribution in [0.1, 0.15) is 67.7 Å². The van der Waals surface area contributed by atoms with E-state index in [4.69, 9.17) is 26.2 Å². The first-order valence-electron chi connectivity index (χ1n) is 16.6. The Hall–Kier alpha value is -1.45. The van der Waals surface area contributed by atoms with Crippen LogP contribution in [0.5, 0.6) is 0 Å². The number of esters is 1. The van der Waals surface area contributed by atoms with Crippen LogP contribution in [0.3, 0.4) is 0 Å². The molecule has 2 bridgehead atoms. The summed E-state index contributed by atoms with van der Waals surface area (Å²) >= 11 is 6.13. The van der Waals surface area contributed by atoms with E-state index in [1.807, 2.05) is 0 Å². The number of ether oxygens (including phenoxy) is 2. The van der Waals surface area contributed by atoms with E-state index in [0.29, 0.717) is 5.57 Å². The maximum atomic E-state index is 13.1. The number of ketones is 1. The van der Waals surface area contributed by atoms with E-state index in [-0.39, 0.29) is 31.1 Å². The third kappa shape index (κ3) is 11.0. The lowest BCUT2D eigenvalue weighted by molar-refractivity contribution is -0.167. The maximum Gasteiger partial charge on any atom is 0.312 e. The molecule has 272 valence electrons. The number of carbonyl (C=O) groups excluding carboxylic acids is 2. The van der Waals surface area contributed by atoms with Gasteiger partial charge >= 0.3 is 5.97 Å². The third-order valence-corrected chi connectivity index (χ3v) is 10.4. The van der Waals surface area contributed by atoms with Gasteiger partial charge in [0, 0.05) is 18.3 Å². The molecule has 0 aromatic heterocycles. The minimum atomic E-state index is -1.62. The van der Waals surface area contributed by atoms with Gasteiger partial charge in [0.15, 0.2) is 5.78 Å². The van der Waals surface area contributed by atoms with Crippen molar-refractivity contribution in [2.75, 3.05) is 6.61 Å². The highest BCUT2D eigenvalue weighted by Crippen LogP contribution is 2.33. The van der Waals surface area contributed by atoms with Crippen LogP contribution in [-0.2, 0) is 19.1 Å². The van der Waals surface area contributed by atoms with E-state index >= 15 is 0 Å². The number of halogens is 1. The van der Waals surface area contributed by atoms with Crippen molar-refractivity contribution in [3.05, 3.63) is 23.8 Å². The highest BCUT2D eigenvalue weighted by molar-refractivity contribution is 6.21.